The number of esters is 5. The Bertz CT molecular complexity index is 1790. The normalized spacial score (nSPS) is 24.3. The quantitative estimate of drug-likeness (QED) is 0.0531. The third-order valence-corrected chi connectivity index (χ3v) is 11.3. The summed E-state index contributed by atoms with van der Waals surface area (Å²) in [5.74, 6) is -1.63. The fourth-order valence-electron chi connectivity index (χ4n) is 6.79. The molecule has 10 unspecified atom stereocenters. The second kappa shape index (κ2) is 31.0. The molecule has 3 N–H and O–H groups in total. The number of benzene rings is 3. The zero-order chi connectivity index (χ0) is 47.7. The summed E-state index contributed by atoms with van der Waals surface area (Å²) < 4.78 is 42.4. The molecule has 3 aromatic rings. The first kappa shape index (κ1) is 57.1. The highest BCUT2D eigenvalue weighted by molar-refractivity contribution is 6.02. The highest BCUT2D eigenvalue weighted by atomic mass is 16.7. The molecule has 16 nitrogen and oxygen atoms in total. The predicted octanol–water partition coefficient (Wildman–Crippen LogP) is 6.58. The van der Waals surface area contributed by atoms with Gasteiger partial charge in [0, 0.05) is 37.9 Å². The number of methoxy groups -OCH3 is 2. The molecule has 366 valence electrons. The van der Waals surface area contributed by atoms with Gasteiger partial charge in [0.05, 0.1) is 49.7 Å². The summed E-state index contributed by atoms with van der Waals surface area (Å²) in [5, 5.41) is 28.6. The Morgan fingerprint density at radius 2 is 0.939 bits per heavy atom. The Labute approximate surface area is 388 Å². The number of unbranched alkanes of at least 4 members (excludes halogenated alkanes) is 2. The largest absolute Gasteiger partial charge is 0.469 e. The minimum Gasteiger partial charge on any atom is -0.469 e. The van der Waals surface area contributed by atoms with E-state index in [0.29, 0.717) is 61.5 Å². The number of ether oxygens (including phenoxy) is 8. The van der Waals surface area contributed by atoms with E-state index in [-0.39, 0.29) is 62.8 Å². The van der Waals surface area contributed by atoms with Gasteiger partial charge in [-0.3, -0.25) is 9.59 Å². The maximum absolute atomic E-state index is 12.2. The highest BCUT2D eigenvalue weighted by Gasteiger charge is 2.42. The Hall–Kier alpha value is -5.07. The highest BCUT2D eigenvalue weighted by Crippen LogP contribution is 2.36. The average Bonchev–Trinajstić information content (AvgIpc) is 3.34. The van der Waals surface area contributed by atoms with Gasteiger partial charge in [-0.2, -0.15) is 0 Å². The van der Waals surface area contributed by atoms with Crippen LogP contribution in [0.5, 0.6) is 0 Å². The fraction of sp³-hybridized carbons (Fsp3) is 0.540. The van der Waals surface area contributed by atoms with Gasteiger partial charge < -0.3 is 53.2 Å². The molecule has 3 aromatic carbocycles. The molecular formula is C50H70O16. The van der Waals surface area contributed by atoms with Crippen molar-refractivity contribution < 1.29 is 77.2 Å². The van der Waals surface area contributed by atoms with Gasteiger partial charge >= 0.3 is 29.8 Å². The Morgan fingerprint density at radius 3 is 1.36 bits per heavy atom. The van der Waals surface area contributed by atoms with Crippen LogP contribution in [-0.4, -0.2) is 123 Å². The van der Waals surface area contributed by atoms with Crippen molar-refractivity contribution in [3.8, 4) is 0 Å². The zero-order valence-electron chi connectivity index (χ0n) is 38.2. The number of aliphatic hydroxyl groups is 3. The number of hydrogen-bond acceptors (Lipinski definition) is 16. The lowest BCUT2D eigenvalue weighted by Gasteiger charge is -2.43. The van der Waals surface area contributed by atoms with Crippen molar-refractivity contribution in [2.75, 3.05) is 40.6 Å². The lowest BCUT2D eigenvalue weighted by atomic mass is 9.79. The van der Waals surface area contributed by atoms with E-state index in [4.69, 9.17) is 33.5 Å². The molecule has 0 aliphatic carbocycles. The van der Waals surface area contributed by atoms with Crippen molar-refractivity contribution in [3.63, 3.8) is 0 Å². The average molecular weight is 927 g/mol. The molecule has 0 radical (unpaired) electrons. The summed E-state index contributed by atoms with van der Waals surface area (Å²) in [5.41, 5.74) is 1.25. The third kappa shape index (κ3) is 19.0. The molecule has 2 aliphatic heterocycles. The summed E-state index contributed by atoms with van der Waals surface area (Å²) in [6, 6.07) is 25.8. The molecule has 2 saturated heterocycles. The molecule has 0 aromatic heterocycles. The van der Waals surface area contributed by atoms with E-state index in [9.17, 15) is 34.2 Å². The van der Waals surface area contributed by atoms with Crippen LogP contribution >= 0.6 is 0 Å². The minimum atomic E-state index is -1.12. The monoisotopic (exact) mass is 926 g/mol. The van der Waals surface area contributed by atoms with Crippen LogP contribution in [0.4, 0.5) is 0 Å². The third-order valence-electron chi connectivity index (χ3n) is 11.3. The smallest absolute Gasteiger partial charge is 0.346 e. The molecule has 0 saturated carbocycles. The molecular weight excluding hydrogens is 857 g/mol. The fourth-order valence-corrected chi connectivity index (χ4v) is 6.79. The van der Waals surface area contributed by atoms with Gasteiger partial charge in [-0.1, -0.05) is 89.7 Å². The van der Waals surface area contributed by atoms with E-state index in [0.717, 1.165) is 12.8 Å². The van der Waals surface area contributed by atoms with Gasteiger partial charge in [0.2, 0.25) is 0 Å². The molecule has 0 spiro atoms. The number of rotatable bonds is 18. The van der Waals surface area contributed by atoms with Gasteiger partial charge in [0.15, 0.2) is 12.6 Å². The maximum Gasteiger partial charge on any atom is 0.346 e. The lowest BCUT2D eigenvalue weighted by Crippen LogP contribution is -2.55. The Balaban J connectivity index is 0.000000350. The predicted molar refractivity (Wildman–Crippen MR) is 243 cm³/mol. The van der Waals surface area contributed by atoms with Crippen LogP contribution in [0.2, 0.25) is 0 Å². The Morgan fingerprint density at radius 1 is 0.530 bits per heavy atom. The topological polar surface area (TPSA) is 220 Å². The van der Waals surface area contributed by atoms with Crippen molar-refractivity contribution >= 4 is 29.8 Å². The summed E-state index contributed by atoms with van der Waals surface area (Å²) in [6.45, 7) is 8.83. The van der Waals surface area contributed by atoms with Crippen molar-refractivity contribution in [2.45, 2.75) is 111 Å². The SMILES string of the molecule is C.COC(=O)CCCCOC1OC(CO)C(O)C(O)C1C.COC(=O)CCCCOC1OC(COC(=O)c2ccccc2)C(C)C(C)C1C.O=C(OC(=O)c1ccccc1)c1ccccc1. The standard InChI is InChI=1S/C22H32O6.C14H10O3.C13H24O7.CH4/c1-15-16(2)19(14-27-21(24)18-10-6-5-7-11-18)28-22(17(15)3)26-13-9-8-12-20(23)25-4;15-13(11-7-3-1-4-8-11)17-14(16)12-9-5-2-6-10-12;1-8-11(16)12(17)9(7-14)20-13(8)19-6-4-3-5-10(15)18-2;/h5-7,10-11,15-17,19,22H,8-9,12-14H2,1-4H3;1-10H;8-9,11-14,16-17H,3-7H2,1-2H3;1H4. The van der Waals surface area contributed by atoms with Crippen molar-refractivity contribution in [1.82, 2.24) is 0 Å². The van der Waals surface area contributed by atoms with Crippen molar-refractivity contribution in [1.29, 1.82) is 0 Å². The molecule has 2 fully saturated rings. The van der Waals surface area contributed by atoms with Crippen LogP contribution in [0.25, 0.3) is 0 Å². The molecule has 2 aliphatic rings. The van der Waals surface area contributed by atoms with Crippen LogP contribution < -0.4 is 0 Å². The van der Waals surface area contributed by atoms with E-state index in [1.54, 1.807) is 79.7 Å². The van der Waals surface area contributed by atoms with Gasteiger partial charge in [-0.15, -0.1) is 0 Å². The summed E-state index contributed by atoms with van der Waals surface area (Å²) in [6.07, 6.45) is -0.679. The molecule has 5 rings (SSSR count). The molecule has 10 atom stereocenters. The first-order valence-corrected chi connectivity index (χ1v) is 22.0. The van der Waals surface area contributed by atoms with Crippen LogP contribution in [0, 0.1) is 23.7 Å². The lowest BCUT2D eigenvalue weighted by molar-refractivity contribution is -0.282. The van der Waals surface area contributed by atoms with E-state index in [1.807, 2.05) is 18.2 Å². The second-order valence-corrected chi connectivity index (χ2v) is 15.9. The zero-order valence-corrected chi connectivity index (χ0v) is 38.2. The van der Waals surface area contributed by atoms with Gasteiger partial charge in [-0.05, 0) is 73.9 Å². The summed E-state index contributed by atoms with van der Waals surface area (Å²) in [7, 11) is 2.74. The Kier molecular flexibility index (Phi) is 26.8. The van der Waals surface area contributed by atoms with Crippen molar-refractivity contribution in [3.05, 3.63) is 108 Å². The molecule has 66 heavy (non-hydrogen) atoms. The number of aliphatic hydroxyl groups excluding tert-OH is 3. The molecule has 0 amide bonds. The molecule has 2 heterocycles. The van der Waals surface area contributed by atoms with Gasteiger partial charge in [0.25, 0.3) is 0 Å². The van der Waals surface area contributed by atoms with E-state index in [1.165, 1.54) is 14.2 Å². The summed E-state index contributed by atoms with van der Waals surface area (Å²) in [4.78, 5) is 57.4. The first-order chi connectivity index (χ1) is 31.2. The van der Waals surface area contributed by atoms with E-state index < -0.39 is 42.5 Å². The van der Waals surface area contributed by atoms with E-state index in [2.05, 4.69) is 30.2 Å². The number of hydrogen-bond donors (Lipinski definition) is 3. The molecule has 0 bridgehead atoms. The van der Waals surface area contributed by atoms with Crippen LogP contribution in [0.15, 0.2) is 91.0 Å². The van der Waals surface area contributed by atoms with Gasteiger partial charge in [0.1, 0.15) is 18.8 Å². The van der Waals surface area contributed by atoms with E-state index >= 15 is 0 Å². The number of carbonyl (C=O) groups excluding carboxylic acids is 5. The minimum absolute atomic E-state index is 0. The first-order valence-electron chi connectivity index (χ1n) is 22.0. The summed E-state index contributed by atoms with van der Waals surface area (Å²) >= 11 is 0. The van der Waals surface area contributed by atoms with Crippen LogP contribution in [0.3, 0.4) is 0 Å². The van der Waals surface area contributed by atoms with Crippen LogP contribution in [-0.2, 0) is 47.5 Å². The van der Waals surface area contributed by atoms with Crippen LogP contribution in [0.1, 0.15) is 105 Å². The van der Waals surface area contributed by atoms with Crippen molar-refractivity contribution in [2.24, 2.45) is 23.7 Å². The number of carbonyl (C=O) groups is 5. The molecule has 16 heteroatoms. The van der Waals surface area contributed by atoms with Gasteiger partial charge in [-0.25, -0.2) is 14.4 Å². The second-order valence-electron chi connectivity index (χ2n) is 15.9. The maximum atomic E-state index is 12.2.